The molecule has 1 aliphatic rings. The zero-order chi connectivity index (χ0) is 19.1. The molecule has 1 fully saturated rings. The molecule has 1 saturated heterocycles. The summed E-state index contributed by atoms with van der Waals surface area (Å²) in [7, 11) is 0. The van der Waals surface area contributed by atoms with Crippen molar-refractivity contribution in [2.24, 2.45) is 0 Å². The number of hydrogen-bond donors (Lipinski definition) is 1. The molecule has 1 unspecified atom stereocenters. The van der Waals surface area contributed by atoms with E-state index in [2.05, 4.69) is 0 Å². The van der Waals surface area contributed by atoms with E-state index in [1.54, 1.807) is 21.9 Å². The van der Waals surface area contributed by atoms with Crippen molar-refractivity contribution in [3.05, 3.63) is 48.0 Å². The van der Waals surface area contributed by atoms with E-state index in [1.807, 2.05) is 11.5 Å². The first-order valence-corrected chi connectivity index (χ1v) is 9.07. The summed E-state index contributed by atoms with van der Waals surface area (Å²) in [5.41, 5.74) is 1.44. The zero-order valence-electron chi connectivity index (χ0n) is 15.0. The lowest BCUT2D eigenvalue weighted by Crippen LogP contribution is -2.38. The minimum Gasteiger partial charge on any atom is -0.389 e. The fourth-order valence-corrected chi connectivity index (χ4v) is 3.86. The molecule has 27 heavy (non-hydrogen) atoms. The first kappa shape index (κ1) is 17.7. The predicted molar refractivity (Wildman–Crippen MR) is 99.6 cm³/mol. The second-order valence-corrected chi connectivity index (χ2v) is 6.90. The summed E-state index contributed by atoms with van der Waals surface area (Å²) in [6.07, 6.45) is -0.792. The number of aliphatic hydroxyl groups is 1. The van der Waals surface area contributed by atoms with Gasteiger partial charge in [-0.25, -0.2) is 13.6 Å². The summed E-state index contributed by atoms with van der Waals surface area (Å²) in [4.78, 5) is 15.6. The molecule has 0 radical (unpaired) electrons. The van der Waals surface area contributed by atoms with Crippen LogP contribution in [-0.4, -0.2) is 57.8 Å². The average molecular weight is 373 g/mol. The van der Waals surface area contributed by atoms with Crippen molar-refractivity contribution in [3.8, 4) is 0 Å². The Morgan fingerprint density at radius 1 is 0.963 bits per heavy atom. The summed E-state index contributed by atoms with van der Waals surface area (Å²) in [5.74, 6) is -0.789. The Morgan fingerprint density at radius 2 is 1.52 bits per heavy atom. The number of aliphatic hydroxyl groups excluding tert-OH is 1. The van der Waals surface area contributed by atoms with Gasteiger partial charge in [-0.1, -0.05) is 0 Å². The highest BCUT2D eigenvalue weighted by molar-refractivity contribution is 6.08. The van der Waals surface area contributed by atoms with Gasteiger partial charge >= 0.3 is 6.03 Å². The molecule has 2 heterocycles. The van der Waals surface area contributed by atoms with Crippen LogP contribution in [0.2, 0.25) is 0 Å². The lowest BCUT2D eigenvalue weighted by atomic mass is 10.1. The molecule has 142 valence electrons. The molecule has 1 N–H and O–H groups in total. The maximum absolute atomic E-state index is 13.7. The molecule has 0 bridgehead atoms. The third-order valence-corrected chi connectivity index (χ3v) is 5.18. The van der Waals surface area contributed by atoms with Gasteiger partial charge in [0.15, 0.2) is 0 Å². The molecule has 0 spiro atoms. The number of nitrogens with zero attached hydrogens (tertiary/aromatic N) is 3. The fraction of sp³-hybridized carbons (Fsp3) is 0.350. The molecule has 1 aromatic heterocycles. The highest BCUT2D eigenvalue weighted by Crippen LogP contribution is 2.30. The average Bonchev–Trinajstić information content (AvgIpc) is 3.13. The molecule has 4 rings (SSSR count). The van der Waals surface area contributed by atoms with Gasteiger partial charge < -0.3 is 19.5 Å². The third-order valence-electron chi connectivity index (χ3n) is 5.18. The van der Waals surface area contributed by atoms with Gasteiger partial charge in [-0.3, -0.25) is 0 Å². The van der Waals surface area contributed by atoms with Gasteiger partial charge in [-0.05, 0) is 43.3 Å². The minimum atomic E-state index is -0.792. The molecular weight excluding hydrogens is 352 g/mol. The Bertz CT molecular complexity index is 958. The van der Waals surface area contributed by atoms with Crippen molar-refractivity contribution in [2.45, 2.75) is 19.6 Å². The quantitative estimate of drug-likeness (QED) is 0.747. The van der Waals surface area contributed by atoms with Crippen LogP contribution in [0.25, 0.3) is 21.8 Å². The van der Waals surface area contributed by atoms with E-state index in [9.17, 15) is 18.7 Å². The largest absolute Gasteiger partial charge is 0.389 e. The molecule has 7 heteroatoms. The lowest BCUT2D eigenvalue weighted by molar-refractivity contribution is 0.115. The summed E-state index contributed by atoms with van der Waals surface area (Å²) in [5, 5.41) is 11.8. The first-order valence-electron chi connectivity index (χ1n) is 9.07. The number of carbonyl (C=O) groups excluding carboxylic acids is 1. The standard InChI is InChI=1S/C20H21F2N3O2/c1-2-23-7-8-24(20(23)27)11-15(26)12-25-18-5-3-13(21)9-16(18)17-10-14(22)4-6-19(17)25/h3-6,9-10,15,26H,2,7-8,11-12H2,1H3. The second kappa shape index (κ2) is 6.81. The number of rotatable bonds is 5. The molecule has 2 aromatic carbocycles. The number of β-amino-alcohol motifs (C(OH)–C–C–N with tert-alkyl or cyclic N) is 1. The van der Waals surface area contributed by atoms with Crippen molar-refractivity contribution in [1.29, 1.82) is 0 Å². The van der Waals surface area contributed by atoms with Crippen molar-refractivity contribution >= 4 is 27.8 Å². The third kappa shape index (κ3) is 3.12. The Hall–Kier alpha value is -2.67. The van der Waals surface area contributed by atoms with Gasteiger partial charge in [-0.2, -0.15) is 0 Å². The fourth-order valence-electron chi connectivity index (χ4n) is 3.86. The second-order valence-electron chi connectivity index (χ2n) is 6.90. The molecule has 3 aromatic rings. The Balaban J connectivity index is 1.66. The maximum atomic E-state index is 13.7. The van der Waals surface area contributed by atoms with E-state index in [1.165, 1.54) is 24.3 Å². The lowest BCUT2D eigenvalue weighted by Gasteiger charge is -2.21. The minimum absolute atomic E-state index is 0.0667. The van der Waals surface area contributed by atoms with Crippen molar-refractivity contribution < 1.29 is 18.7 Å². The van der Waals surface area contributed by atoms with Gasteiger partial charge in [0.1, 0.15) is 11.6 Å². The van der Waals surface area contributed by atoms with Crippen LogP contribution in [-0.2, 0) is 6.54 Å². The van der Waals surface area contributed by atoms with E-state index in [4.69, 9.17) is 0 Å². The van der Waals surface area contributed by atoms with E-state index >= 15 is 0 Å². The Morgan fingerprint density at radius 3 is 2.04 bits per heavy atom. The Kier molecular flexibility index (Phi) is 4.47. The topological polar surface area (TPSA) is 48.7 Å². The van der Waals surface area contributed by atoms with Crippen molar-refractivity contribution in [1.82, 2.24) is 14.4 Å². The molecule has 0 aliphatic carbocycles. The Labute approximate surface area is 155 Å². The number of carbonyl (C=O) groups is 1. The van der Waals surface area contributed by atoms with Crippen LogP contribution in [0.3, 0.4) is 0 Å². The van der Waals surface area contributed by atoms with Crippen LogP contribution in [0.1, 0.15) is 6.92 Å². The van der Waals surface area contributed by atoms with Crippen molar-refractivity contribution in [3.63, 3.8) is 0 Å². The SMILES string of the molecule is CCN1CCN(CC(O)Cn2c3ccc(F)cc3c3cc(F)ccc32)C1=O. The summed E-state index contributed by atoms with van der Waals surface area (Å²) in [6.45, 7) is 4.28. The normalized spacial score (nSPS) is 16.1. The van der Waals surface area contributed by atoms with Crippen molar-refractivity contribution in [2.75, 3.05) is 26.2 Å². The van der Waals surface area contributed by atoms with E-state index in [-0.39, 0.29) is 19.1 Å². The van der Waals surface area contributed by atoms with Gasteiger partial charge in [0.2, 0.25) is 0 Å². The van der Waals surface area contributed by atoms with Gasteiger partial charge in [0, 0.05) is 41.4 Å². The maximum Gasteiger partial charge on any atom is 0.320 e. The molecule has 0 saturated carbocycles. The molecule has 1 atom stereocenters. The van der Waals surface area contributed by atoms with E-state index in [0.29, 0.717) is 30.4 Å². The number of fused-ring (bicyclic) bond motifs is 3. The number of benzene rings is 2. The number of hydrogen-bond acceptors (Lipinski definition) is 2. The molecule has 1 aliphatic heterocycles. The first-order chi connectivity index (χ1) is 13.0. The summed E-state index contributed by atoms with van der Waals surface area (Å²) >= 11 is 0. The van der Waals surface area contributed by atoms with Gasteiger partial charge in [0.25, 0.3) is 0 Å². The number of halogens is 2. The molecular formula is C20H21F2N3O2. The monoisotopic (exact) mass is 373 g/mol. The smallest absolute Gasteiger partial charge is 0.320 e. The van der Waals surface area contributed by atoms with Gasteiger partial charge in [-0.15, -0.1) is 0 Å². The number of urea groups is 1. The number of amides is 2. The molecule has 5 nitrogen and oxygen atoms in total. The van der Waals surface area contributed by atoms with Crippen LogP contribution in [0.4, 0.5) is 13.6 Å². The highest BCUT2D eigenvalue weighted by atomic mass is 19.1. The molecule has 2 amide bonds. The zero-order valence-corrected chi connectivity index (χ0v) is 15.0. The van der Waals surface area contributed by atoms with Crippen LogP contribution < -0.4 is 0 Å². The summed E-state index contributed by atoms with van der Waals surface area (Å²) < 4.78 is 29.3. The number of likely N-dealkylation sites (N-methyl/N-ethyl adjacent to an activating group) is 1. The number of aromatic nitrogens is 1. The van der Waals surface area contributed by atoms with Crippen LogP contribution in [0, 0.1) is 11.6 Å². The van der Waals surface area contributed by atoms with Gasteiger partial charge in [0.05, 0.1) is 19.2 Å². The highest BCUT2D eigenvalue weighted by Gasteiger charge is 2.28. The predicted octanol–water partition coefficient (Wildman–Crippen LogP) is 3.19. The van der Waals surface area contributed by atoms with Crippen LogP contribution in [0.5, 0.6) is 0 Å². The van der Waals surface area contributed by atoms with E-state index in [0.717, 1.165) is 11.0 Å². The van der Waals surface area contributed by atoms with Crippen LogP contribution >= 0.6 is 0 Å². The summed E-state index contributed by atoms with van der Waals surface area (Å²) in [6, 6.07) is 8.66. The van der Waals surface area contributed by atoms with Crippen LogP contribution in [0.15, 0.2) is 36.4 Å². The van der Waals surface area contributed by atoms with E-state index < -0.39 is 17.7 Å².